The summed E-state index contributed by atoms with van der Waals surface area (Å²) in [6.45, 7) is 3.91. The van der Waals surface area contributed by atoms with Crippen LogP contribution in [0.15, 0.2) is 54.6 Å². The molecule has 0 aromatic heterocycles. The summed E-state index contributed by atoms with van der Waals surface area (Å²) in [6.07, 6.45) is 6.51. The molecule has 1 aliphatic rings. The second-order valence-electron chi connectivity index (χ2n) is 7.50. The van der Waals surface area contributed by atoms with Crippen molar-refractivity contribution in [3.05, 3.63) is 60.2 Å². The van der Waals surface area contributed by atoms with E-state index in [9.17, 15) is 4.79 Å². The molecule has 0 spiro atoms. The van der Waals surface area contributed by atoms with Gasteiger partial charge >= 0.3 is 0 Å². The van der Waals surface area contributed by atoms with E-state index in [1.165, 1.54) is 32.1 Å². The number of nitrogens with one attached hydrogen (secondary N) is 2. The summed E-state index contributed by atoms with van der Waals surface area (Å²) < 4.78 is 0. The Morgan fingerprint density at radius 1 is 0.880 bits per heavy atom. The van der Waals surface area contributed by atoms with Crippen molar-refractivity contribution in [3.8, 4) is 0 Å². The van der Waals surface area contributed by atoms with Crippen molar-refractivity contribution in [3.63, 3.8) is 0 Å². The lowest BCUT2D eigenvalue weighted by molar-refractivity contribution is -0.120. The molecular weight excluding hydrogens is 308 g/mol. The van der Waals surface area contributed by atoms with Gasteiger partial charge in [0.1, 0.15) is 0 Å². The molecule has 1 saturated carbocycles. The van der Waals surface area contributed by atoms with Gasteiger partial charge in [0.25, 0.3) is 0 Å². The van der Waals surface area contributed by atoms with E-state index in [1.807, 2.05) is 56.3 Å². The molecule has 0 heterocycles. The second kappa shape index (κ2) is 7.73. The third-order valence-electron chi connectivity index (χ3n) is 5.18. The summed E-state index contributed by atoms with van der Waals surface area (Å²) >= 11 is 0. The van der Waals surface area contributed by atoms with Crippen molar-refractivity contribution < 1.29 is 4.79 Å². The predicted molar refractivity (Wildman–Crippen MR) is 105 cm³/mol. The largest absolute Gasteiger partial charge is 0.382 e. The van der Waals surface area contributed by atoms with Gasteiger partial charge in [0.2, 0.25) is 5.91 Å². The first kappa shape index (κ1) is 17.5. The lowest BCUT2D eigenvalue weighted by atomic mass is 9.83. The van der Waals surface area contributed by atoms with Gasteiger partial charge in [0, 0.05) is 17.4 Å². The fourth-order valence-electron chi connectivity index (χ4n) is 3.41. The van der Waals surface area contributed by atoms with Crippen LogP contribution < -0.4 is 10.6 Å². The first-order valence-corrected chi connectivity index (χ1v) is 9.29. The fraction of sp³-hybridized carbons (Fsp3) is 0.409. The van der Waals surface area contributed by atoms with E-state index in [-0.39, 0.29) is 5.91 Å². The molecule has 0 unspecified atom stereocenters. The van der Waals surface area contributed by atoms with Gasteiger partial charge in [-0.3, -0.25) is 4.79 Å². The van der Waals surface area contributed by atoms with Crippen LogP contribution in [0.4, 0.5) is 11.4 Å². The molecule has 3 heteroatoms. The van der Waals surface area contributed by atoms with Crippen LogP contribution in [0, 0.1) is 0 Å². The van der Waals surface area contributed by atoms with Crippen LogP contribution in [0.25, 0.3) is 0 Å². The van der Waals surface area contributed by atoms with Crippen LogP contribution in [0.3, 0.4) is 0 Å². The second-order valence-corrected chi connectivity index (χ2v) is 7.50. The summed E-state index contributed by atoms with van der Waals surface area (Å²) in [5.74, 6) is 0.00619. The number of rotatable bonds is 5. The van der Waals surface area contributed by atoms with Gasteiger partial charge in [0.05, 0.1) is 5.41 Å². The highest BCUT2D eigenvalue weighted by Crippen LogP contribution is 2.26. The molecule has 25 heavy (non-hydrogen) atoms. The summed E-state index contributed by atoms with van der Waals surface area (Å²) in [4.78, 5) is 12.7. The number of anilines is 2. The number of hydrogen-bond donors (Lipinski definition) is 2. The van der Waals surface area contributed by atoms with Crippen molar-refractivity contribution in [2.45, 2.75) is 57.4 Å². The molecule has 0 atom stereocenters. The molecule has 0 bridgehead atoms. The highest BCUT2D eigenvalue weighted by molar-refractivity contribution is 5.98. The molecule has 1 aliphatic carbocycles. The van der Waals surface area contributed by atoms with Crippen LogP contribution in [-0.2, 0) is 10.2 Å². The maximum Gasteiger partial charge on any atom is 0.234 e. The smallest absolute Gasteiger partial charge is 0.234 e. The van der Waals surface area contributed by atoms with Gasteiger partial charge in [-0.25, -0.2) is 0 Å². The van der Waals surface area contributed by atoms with Crippen LogP contribution in [0.2, 0.25) is 0 Å². The quantitative estimate of drug-likeness (QED) is 0.773. The minimum Gasteiger partial charge on any atom is -0.382 e. The zero-order valence-corrected chi connectivity index (χ0v) is 15.2. The summed E-state index contributed by atoms with van der Waals surface area (Å²) in [5.41, 5.74) is 2.42. The van der Waals surface area contributed by atoms with Gasteiger partial charge in [-0.05, 0) is 56.5 Å². The van der Waals surface area contributed by atoms with Crippen molar-refractivity contribution in [1.29, 1.82) is 0 Å². The number of carbonyl (C=O) groups excluding carboxylic acids is 1. The Morgan fingerprint density at radius 3 is 2.12 bits per heavy atom. The van der Waals surface area contributed by atoms with Crippen LogP contribution in [0.5, 0.6) is 0 Å². The van der Waals surface area contributed by atoms with Crippen molar-refractivity contribution >= 4 is 17.3 Å². The van der Waals surface area contributed by atoms with Crippen LogP contribution >= 0.6 is 0 Å². The highest BCUT2D eigenvalue weighted by atomic mass is 16.2. The Labute approximate surface area is 150 Å². The molecule has 2 N–H and O–H groups in total. The minimum atomic E-state index is -0.569. The van der Waals surface area contributed by atoms with E-state index in [4.69, 9.17) is 0 Å². The topological polar surface area (TPSA) is 41.1 Å². The molecule has 1 amide bonds. The van der Waals surface area contributed by atoms with Crippen molar-refractivity contribution in [1.82, 2.24) is 0 Å². The fourth-order valence-corrected chi connectivity index (χ4v) is 3.41. The average Bonchev–Trinajstić information content (AvgIpc) is 2.65. The average molecular weight is 336 g/mol. The van der Waals surface area contributed by atoms with Gasteiger partial charge in [-0.1, -0.05) is 49.6 Å². The molecule has 3 nitrogen and oxygen atoms in total. The lowest BCUT2D eigenvalue weighted by Crippen LogP contribution is -2.34. The molecule has 1 fully saturated rings. The van der Waals surface area contributed by atoms with Crippen molar-refractivity contribution in [2.75, 3.05) is 10.6 Å². The Bertz CT molecular complexity index is 686. The molecule has 132 valence electrons. The molecule has 2 aromatic rings. The number of amides is 1. The van der Waals surface area contributed by atoms with E-state index in [0.29, 0.717) is 6.04 Å². The first-order valence-electron chi connectivity index (χ1n) is 9.29. The monoisotopic (exact) mass is 336 g/mol. The molecule has 0 aliphatic heterocycles. The zero-order valence-electron chi connectivity index (χ0n) is 15.2. The van der Waals surface area contributed by atoms with E-state index < -0.39 is 5.41 Å². The first-order chi connectivity index (χ1) is 12.1. The minimum absolute atomic E-state index is 0.00619. The molecular formula is C22H28N2O. The normalized spacial score (nSPS) is 15.6. The Balaban J connectivity index is 1.61. The molecule has 3 rings (SSSR count). The Hall–Kier alpha value is -2.29. The number of carbonyl (C=O) groups is 1. The van der Waals surface area contributed by atoms with E-state index in [1.54, 1.807) is 0 Å². The maximum atomic E-state index is 12.7. The highest BCUT2D eigenvalue weighted by Gasteiger charge is 2.29. The summed E-state index contributed by atoms with van der Waals surface area (Å²) in [6, 6.07) is 18.6. The summed E-state index contributed by atoms with van der Waals surface area (Å²) in [5, 5.41) is 6.65. The van der Waals surface area contributed by atoms with E-state index >= 15 is 0 Å². The summed E-state index contributed by atoms with van der Waals surface area (Å²) in [7, 11) is 0. The van der Waals surface area contributed by atoms with Crippen LogP contribution in [-0.4, -0.2) is 11.9 Å². The number of hydrogen-bond acceptors (Lipinski definition) is 2. The zero-order chi connectivity index (χ0) is 17.7. The van der Waals surface area contributed by atoms with Crippen LogP contribution in [0.1, 0.15) is 51.5 Å². The third kappa shape index (κ3) is 4.41. The molecule has 0 saturated heterocycles. The Kier molecular flexibility index (Phi) is 5.42. The molecule has 0 radical (unpaired) electrons. The SMILES string of the molecule is CC(C)(C(=O)Nc1ccc(NC2CCCCC2)cc1)c1ccccc1. The standard InChI is InChI=1S/C22H28N2O/c1-22(2,17-9-5-3-6-10-17)21(25)24-20-15-13-19(14-16-20)23-18-11-7-4-8-12-18/h3,5-6,9-10,13-16,18,23H,4,7-8,11-12H2,1-2H3,(H,24,25). The van der Waals surface area contributed by atoms with Gasteiger partial charge in [-0.2, -0.15) is 0 Å². The Morgan fingerprint density at radius 2 is 1.48 bits per heavy atom. The van der Waals surface area contributed by atoms with E-state index in [0.717, 1.165) is 16.9 Å². The maximum absolute atomic E-state index is 12.7. The molecule has 2 aromatic carbocycles. The third-order valence-corrected chi connectivity index (χ3v) is 5.18. The number of benzene rings is 2. The van der Waals surface area contributed by atoms with E-state index in [2.05, 4.69) is 22.8 Å². The van der Waals surface area contributed by atoms with Gasteiger partial charge in [0.15, 0.2) is 0 Å². The predicted octanol–water partition coefficient (Wildman–Crippen LogP) is 5.35. The van der Waals surface area contributed by atoms with Gasteiger partial charge in [-0.15, -0.1) is 0 Å². The lowest BCUT2D eigenvalue weighted by Gasteiger charge is -2.25. The van der Waals surface area contributed by atoms with Crippen molar-refractivity contribution in [2.24, 2.45) is 0 Å². The van der Waals surface area contributed by atoms with Gasteiger partial charge < -0.3 is 10.6 Å².